The molecule has 0 bridgehead atoms. The van der Waals surface area contributed by atoms with Crippen molar-refractivity contribution in [1.29, 1.82) is 0 Å². The molecule has 4 nitrogen and oxygen atoms in total. The van der Waals surface area contributed by atoms with Gasteiger partial charge in [-0.05, 0) is 12.8 Å². The Morgan fingerprint density at radius 1 is 1.17 bits per heavy atom. The topological polar surface area (TPSA) is 60.4 Å². The van der Waals surface area contributed by atoms with Gasteiger partial charge >= 0.3 is 5.97 Å². The lowest BCUT2D eigenvalue weighted by Crippen LogP contribution is -2.32. The van der Waals surface area contributed by atoms with Gasteiger partial charge in [-0.25, -0.2) is 0 Å². The first-order valence-electron chi connectivity index (χ1n) is 6.61. The van der Waals surface area contributed by atoms with Crippen LogP contribution < -0.4 is 0 Å². The van der Waals surface area contributed by atoms with Gasteiger partial charge in [0.15, 0.2) is 5.78 Å². The van der Waals surface area contributed by atoms with Crippen LogP contribution in [0.4, 0.5) is 0 Å². The van der Waals surface area contributed by atoms with Crippen molar-refractivity contribution in [3.63, 3.8) is 0 Å². The molecule has 1 unspecified atom stereocenters. The minimum absolute atomic E-state index is 0.0142. The highest BCUT2D eigenvalue weighted by Crippen LogP contribution is 2.29. The SMILES string of the molecule is COC(=O)C(CC(=O)C(C)C)C(=O)C1CCCC1. The second-order valence-electron chi connectivity index (χ2n) is 5.28. The number of hydrogen-bond acceptors (Lipinski definition) is 4. The van der Waals surface area contributed by atoms with Crippen LogP contribution in [-0.2, 0) is 19.1 Å². The first kappa shape index (κ1) is 14.9. The van der Waals surface area contributed by atoms with Crippen molar-refractivity contribution in [2.45, 2.75) is 46.0 Å². The molecule has 102 valence electrons. The second kappa shape index (κ2) is 6.66. The molecule has 1 atom stereocenters. The number of Topliss-reactive ketones (excluding diaryl/α,β-unsaturated/α-hetero) is 2. The summed E-state index contributed by atoms with van der Waals surface area (Å²) in [5, 5.41) is 0. The molecule has 1 fully saturated rings. The molecule has 0 aromatic heterocycles. The average molecular weight is 254 g/mol. The van der Waals surface area contributed by atoms with Crippen LogP contribution in [-0.4, -0.2) is 24.6 Å². The summed E-state index contributed by atoms with van der Waals surface area (Å²) >= 11 is 0. The first-order valence-corrected chi connectivity index (χ1v) is 6.61. The fraction of sp³-hybridized carbons (Fsp3) is 0.786. The van der Waals surface area contributed by atoms with Crippen LogP contribution in [0.3, 0.4) is 0 Å². The minimum atomic E-state index is -0.895. The van der Waals surface area contributed by atoms with Crippen molar-refractivity contribution >= 4 is 17.5 Å². The molecule has 0 amide bonds. The van der Waals surface area contributed by atoms with Crippen molar-refractivity contribution in [1.82, 2.24) is 0 Å². The van der Waals surface area contributed by atoms with E-state index in [9.17, 15) is 14.4 Å². The number of carbonyl (C=O) groups is 3. The van der Waals surface area contributed by atoms with E-state index in [1.165, 1.54) is 7.11 Å². The Morgan fingerprint density at radius 2 is 1.72 bits per heavy atom. The Morgan fingerprint density at radius 3 is 2.17 bits per heavy atom. The van der Waals surface area contributed by atoms with Gasteiger partial charge in [0.1, 0.15) is 11.7 Å². The lowest BCUT2D eigenvalue weighted by atomic mass is 9.86. The third kappa shape index (κ3) is 3.65. The van der Waals surface area contributed by atoms with Gasteiger partial charge in [-0.2, -0.15) is 0 Å². The summed E-state index contributed by atoms with van der Waals surface area (Å²) < 4.78 is 4.66. The van der Waals surface area contributed by atoms with Crippen LogP contribution in [0.1, 0.15) is 46.0 Å². The highest BCUT2D eigenvalue weighted by molar-refractivity contribution is 6.03. The number of rotatable bonds is 6. The predicted molar refractivity (Wildman–Crippen MR) is 66.9 cm³/mol. The van der Waals surface area contributed by atoms with Crippen molar-refractivity contribution in [2.24, 2.45) is 17.8 Å². The molecule has 1 saturated carbocycles. The van der Waals surface area contributed by atoms with Gasteiger partial charge in [0.2, 0.25) is 0 Å². The third-order valence-electron chi connectivity index (χ3n) is 3.64. The third-order valence-corrected chi connectivity index (χ3v) is 3.64. The van der Waals surface area contributed by atoms with E-state index < -0.39 is 11.9 Å². The van der Waals surface area contributed by atoms with Gasteiger partial charge in [0.05, 0.1) is 7.11 Å². The van der Waals surface area contributed by atoms with E-state index in [-0.39, 0.29) is 29.8 Å². The summed E-state index contributed by atoms with van der Waals surface area (Å²) in [5.41, 5.74) is 0. The van der Waals surface area contributed by atoms with E-state index in [2.05, 4.69) is 4.74 Å². The van der Waals surface area contributed by atoms with Crippen LogP contribution in [0.5, 0.6) is 0 Å². The zero-order valence-corrected chi connectivity index (χ0v) is 11.4. The predicted octanol–water partition coefficient (Wildman–Crippen LogP) is 2.15. The summed E-state index contributed by atoms with van der Waals surface area (Å²) in [6.45, 7) is 3.55. The Kier molecular flexibility index (Phi) is 5.51. The molecule has 18 heavy (non-hydrogen) atoms. The van der Waals surface area contributed by atoms with Gasteiger partial charge in [-0.3, -0.25) is 14.4 Å². The molecule has 0 heterocycles. The normalized spacial score (nSPS) is 17.8. The maximum absolute atomic E-state index is 12.3. The maximum atomic E-state index is 12.3. The van der Waals surface area contributed by atoms with Crippen molar-refractivity contribution in [3.8, 4) is 0 Å². The summed E-state index contributed by atoms with van der Waals surface area (Å²) in [7, 11) is 1.26. The highest BCUT2D eigenvalue weighted by Gasteiger charge is 2.36. The minimum Gasteiger partial charge on any atom is -0.468 e. The number of ether oxygens (including phenoxy) is 1. The average Bonchev–Trinajstić information content (AvgIpc) is 2.87. The van der Waals surface area contributed by atoms with Crippen LogP contribution in [0.15, 0.2) is 0 Å². The first-order chi connectivity index (χ1) is 8.47. The molecular formula is C14H22O4. The molecule has 0 N–H and O–H groups in total. The van der Waals surface area contributed by atoms with E-state index in [1.807, 2.05) is 0 Å². The zero-order valence-electron chi connectivity index (χ0n) is 11.4. The van der Waals surface area contributed by atoms with E-state index in [1.54, 1.807) is 13.8 Å². The fourth-order valence-corrected chi connectivity index (χ4v) is 2.37. The molecule has 1 rings (SSSR count). The molecule has 0 aliphatic heterocycles. The molecule has 0 aromatic carbocycles. The monoisotopic (exact) mass is 254 g/mol. The second-order valence-corrected chi connectivity index (χ2v) is 5.28. The van der Waals surface area contributed by atoms with Gasteiger partial charge in [0.25, 0.3) is 0 Å². The molecule has 4 heteroatoms. The Labute approximate surface area is 108 Å². The highest BCUT2D eigenvalue weighted by atomic mass is 16.5. The molecule has 0 spiro atoms. The summed E-state index contributed by atoms with van der Waals surface area (Å²) in [5.74, 6) is -1.85. The summed E-state index contributed by atoms with van der Waals surface area (Å²) in [4.78, 5) is 35.7. The van der Waals surface area contributed by atoms with E-state index in [4.69, 9.17) is 0 Å². The van der Waals surface area contributed by atoms with Gasteiger partial charge in [-0.15, -0.1) is 0 Å². The lowest BCUT2D eigenvalue weighted by Gasteiger charge is -2.17. The molecule has 1 aliphatic carbocycles. The molecule has 1 aliphatic rings. The number of hydrogen-bond donors (Lipinski definition) is 0. The number of carbonyl (C=O) groups excluding carboxylic acids is 3. The van der Waals surface area contributed by atoms with E-state index in [0.717, 1.165) is 25.7 Å². The van der Waals surface area contributed by atoms with Gasteiger partial charge < -0.3 is 4.74 Å². The van der Waals surface area contributed by atoms with Crippen molar-refractivity contribution in [2.75, 3.05) is 7.11 Å². The van der Waals surface area contributed by atoms with Crippen molar-refractivity contribution in [3.05, 3.63) is 0 Å². The van der Waals surface area contributed by atoms with E-state index in [0.29, 0.717) is 0 Å². The zero-order chi connectivity index (χ0) is 13.7. The van der Waals surface area contributed by atoms with E-state index >= 15 is 0 Å². The van der Waals surface area contributed by atoms with Gasteiger partial charge in [-0.1, -0.05) is 26.7 Å². The van der Waals surface area contributed by atoms with Crippen LogP contribution in [0, 0.1) is 17.8 Å². The quantitative estimate of drug-likeness (QED) is 0.538. The molecular weight excluding hydrogens is 232 g/mol. The number of esters is 1. The van der Waals surface area contributed by atoms with Crippen LogP contribution in [0.25, 0.3) is 0 Å². The van der Waals surface area contributed by atoms with Crippen molar-refractivity contribution < 1.29 is 19.1 Å². The Balaban J connectivity index is 2.74. The lowest BCUT2D eigenvalue weighted by molar-refractivity contribution is -0.152. The Hall–Kier alpha value is -1.19. The Bertz CT molecular complexity index is 327. The summed E-state index contributed by atoms with van der Waals surface area (Å²) in [6, 6.07) is 0. The smallest absolute Gasteiger partial charge is 0.316 e. The standard InChI is InChI=1S/C14H22O4/c1-9(2)12(15)8-11(14(17)18-3)13(16)10-6-4-5-7-10/h9-11H,4-8H2,1-3H3. The van der Waals surface area contributed by atoms with Crippen LogP contribution in [0.2, 0.25) is 0 Å². The molecule has 0 aromatic rings. The molecule has 0 radical (unpaired) electrons. The summed E-state index contributed by atoms with van der Waals surface area (Å²) in [6.07, 6.45) is 3.72. The maximum Gasteiger partial charge on any atom is 0.316 e. The molecule has 0 saturated heterocycles. The van der Waals surface area contributed by atoms with Crippen LogP contribution >= 0.6 is 0 Å². The number of methoxy groups -OCH3 is 1. The van der Waals surface area contributed by atoms with Gasteiger partial charge in [0, 0.05) is 18.3 Å². The fourth-order valence-electron chi connectivity index (χ4n) is 2.37. The largest absolute Gasteiger partial charge is 0.468 e. The number of ketones is 2.